The van der Waals surface area contributed by atoms with Gasteiger partial charge in [-0.2, -0.15) is 0 Å². The van der Waals surface area contributed by atoms with Crippen molar-refractivity contribution in [3.63, 3.8) is 0 Å². The normalized spacial score (nSPS) is 15.4. The molecule has 0 saturated carbocycles. The van der Waals surface area contributed by atoms with Crippen molar-refractivity contribution in [2.45, 2.75) is 25.4 Å². The number of amides is 2. The molecule has 2 heterocycles. The third kappa shape index (κ3) is 4.91. The Bertz CT molecular complexity index is 1070. The molecule has 0 spiro atoms. The predicted octanol–water partition coefficient (Wildman–Crippen LogP) is 3.68. The summed E-state index contributed by atoms with van der Waals surface area (Å²) in [6.45, 7) is 0.885. The maximum absolute atomic E-state index is 13.5. The number of hydrogen-bond acceptors (Lipinski definition) is 4. The Morgan fingerprint density at radius 1 is 1.16 bits per heavy atom. The van der Waals surface area contributed by atoms with Crippen LogP contribution < -0.4 is 10.1 Å². The minimum atomic E-state index is -0.0817. The number of carbonyl (C=O) groups excluding carboxylic acids is 2. The summed E-state index contributed by atoms with van der Waals surface area (Å²) in [5, 5.41) is 2.96. The van der Waals surface area contributed by atoms with Crippen molar-refractivity contribution in [3.8, 4) is 16.9 Å². The number of nitrogens with zero attached hydrogens (tertiary/aromatic N) is 2. The van der Waals surface area contributed by atoms with Crippen LogP contribution in [-0.2, 0) is 11.3 Å². The maximum Gasteiger partial charge on any atom is 0.254 e. The van der Waals surface area contributed by atoms with E-state index in [1.807, 2.05) is 60.7 Å². The van der Waals surface area contributed by atoms with E-state index in [4.69, 9.17) is 4.74 Å². The minimum Gasteiger partial charge on any atom is -0.496 e. The fourth-order valence-corrected chi connectivity index (χ4v) is 3.90. The van der Waals surface area contributed by atoms with Crippen LogP contribution in [0, 0.1) is 0 Å². The summed E-state index contributed by atoms with van der Waals surface area (Å²) in [6, 6.07) is 19.1. The van der Waals surface area contributed by atoms with Gasteiger partial charge in [-0.25, -0.2) is 0 Å². The van der Waals surface area contributed by atoms with Crippen LogP contribution in [0.25, 0.3) is 11.1 Å². The SMILES string of the molecule is COc1ccccc1-c1cccc(C(=O)N(Cc2cccnc2)C[C@@H]2CCC(=O)N2)c1. The van der Waals surface area contributed by atoms with Gasteiger partial charge in [-0.3, -0.25) is 14.6 Å². The summed E-state index contributed by atoms with van der Waals surface area (Å²) in [4.78, 5) is 31.1. The lowest BCUT2D eigenvalue weighted by Gasteiger charge is -2.26. The van der Waals surface area contributed by atoms with Crippen LogP contribution >= 0.6 is 0 Å². The van der Waals surface area contributed by atoms with Gasteiger partial charge in [-0.1, -0.05) is 36.4 Å². The number of methoxy groups -OCH3 is 1. The lowest BCUT2D eigenvalue weighted by molar-refractivity contribution is -0.119. The Hall–Kier alpha value is -3.67. The topological polar surface area (TPSA) is 71.5 Å². The van der Waals surface area contributed by atoms with Gasteiger partial charge in [0.2, 0.25) is 5.91 Å². The zero-order valence-corrected chi connectivity index (χ0v) is 17.5. The van der Waals surface area contributed by atoms with E-state index < -0.39 is 0 Å². The molecular formula is C25H25N3O3. The minimum absolute atomic E-state index is 0.0366. The number of carbonyl (C=O) groups is 2. The zero-order chi connectivity index (χ0) is 21.6. The van der Waals surface area contributed by atoms with Crippen LogP contribution in [0.1, 0.15) is 28.8 Å². The van der Waals surface area contributed by atoms with E-state index in [1.165, 1.54) is 0 Å². The highest BCUT2D eigenvalue weighted by molar-refractivity contribution is 5.95. The van der Waals surface area contributed by atoms with Crippen molar-refractivity contribution in [1.29, 1.82) is 0 Å². The molecule has 2 amide bonds. The van der Waals surface area contributed by atoms with Crippen LogP contribution in [0.3, 0.4) is 0 Å². The molecule has 1 atom stereocenters. The van der Waals surface area contributed by atoms with Gasteiger partial charge in [-0.15, -0.1) is 0 Å². The Balaban J connectivity index is 1.62. The lowest BCUT2D eigenvalue weighted by Crippen LogP contribution is -2.41. The van der Waals surface area contributed by atoms with Crippen molar-refractivity contribution < 1.29 is 14.3 Å². The molecule has 31 heavy (non-hydrogen) atoms. The van der Waals surface area contributed by atoms with Crippen LogP contribution in [0.4, 0.5) is 0 Å². The van der Waals surface area contributed by atoms with E-state index >= 15 is 0 Å². The molecule has 6 heteroatoms. The average molecular weight is 415 g/mol. The quantitative estimate of drug-likeness (QED) is 0.639. The first-order chi connectivity index (χ1) is 15.1. The summed E-state index contributed by atoms with van der Waals surface area (Å²) in [5.74, 6) is 0.715. The number of aromatic nitrogens is 1. The molecule has 2 aromatic carbocycles. The number of nitrogens with one attached hydrogen (secondary N) is 1. The molecule has 0 aliphatic carbocycles. The number of rotatable bonds is 7. The molecule has 1 saturated heterocycles. The molecule has 158 valence electrons. The van der Waals surface area contributed by atoms with Gasteiger partial charge in [0.1, 0.15) is 5.75 Å². The van der Waals surface area contributed by atoms with Gasteiger partial charge >= 0.3 is 0 Å². The lowest BCUT2D eigenvalue weighted by atomic mass is 10.0. The Morgan fingerprint density at radius 2 is 2.03 bits per heavy atom. The van der Waals surface area contributed by atoms with Gasteiger partial charge in [0.15, 0.2) is 0 Å². The highest BCUT2D eigenvalue weighted by Crippen LogP contribution is 2.30. The summed E-state index contributed by atoms with van der Waals surface area (Å²) in [6.07, 6.45) is 4.71. The van der Waals surface area contributed by atoms with E-state index in [-0.39, 0.29) is 17.9 Å². The van der Waals surface area contributed by atoms with Crippen LogP contribution in [0.5, 0.6) is 5.75 Å². The van der Waals surface area contributed by atoms with Crippen molar-refractivity contribution >= 4 is 11.8 Å². The molecule has 1 fully saturated rings. The molecule has 1 aromatic heterocycles. The second kappa shape index (κ2) is 9.43. The number of benzene rings is 2. The summed E-state index contributed by atoms with van der Waals surface area (Å²) in [5.41, 5.74) is 3.39. The molecule has 1 N–H and O–H groups in total. The molecule has 4 rings (SSSR count). The van der Waals surface area contributed by atoms with Crippen molar-refractivity contribution in [2.75, 3.05) is 13.7 Å². The molecule has 0 radical (unpaired) electrons. The second-order valence-corrected chi connectivity index (χ2v) is 7.63. The third-order valence-electron chi connectivity index (χ3n) is 5.44. The first-order valence-corrected chi connectivity index (χ1v) is 10.3. The molecule has 6 nitrogen and oxygen atoms in total. The molecule has 3 aromatic rings. The van der Waals surface area contributed by atoms with E-state index in [0.717, 1.165) is 28.9 Å². The zero-order valence-electron chi connectivity index (χ0n) is 17.5. The van der Waals surface area contributed by atoms with Crippen molar-refractivity contribution in [1.82, 2.24) is 15.2 Å². The highest BCUT2D eigenvalue weighted by atomic mass is 16.5. The first kappa shape index (κ1) is 20.6. The standard InChI is InChI=1S/C25H25N3O3/c1-31-23-10-3-2-9-22(23)19-7-4-8-20(14-19)25(30)28(16-18-6-5-13-26-15-18)17-21-11-12-24(29)27-21/h2-10,13-15,21H,11-12,16-17H2,1H3,(H,27,29)/t21-/m0/s1. The third-order valence-corrected chi connectivity index (χ3v) is 5.44. The number of hydrogen-bond donors (Lipinski definition) is 1. The van der Waals surface area contributed by atoms with Gasteiger partial charge in [-0.05, 0) is 41.8 Å². The summed E-state index contributed by atoms with van der Waals surface area (Å²) >= 11 is 0. The molecular weight excluding hydrogens is 390 g/mol. The van der Waals surface area contributed by atoms with Crippen LogP contribution in [0.2, 0.25) is 0 Å². The van der Waals surface area contributed by atoms with E-state index in [2.05, 4.69) is 10.3 Å². The molecule has 1 aliphatic heterocycles. The monoisotopic (exact) mass is 415 g/mol. The molecule has 0 bridgehead atoms. The molecule has 0 unspecified atom stereocenters. The number of pyridine rings is 1. The Labute approximate surface area is 181 Å². The van der Waals surface area contributed by atoms with Crippen molar-refractivity contribution in [3.05, 3.63) is 84.2 Å². The largest absolute Gasteiger partial charge is 0.496 e. The fourth-order valence-electron chi connectivity index (χ4n) is 3.90. The van der Waals surface area contributed by atoms with Crippen molar-refractivity contribution in [2.24, 2.45) is 0 Å². The first-order valence-electron chi connectivity index (χ1n) is 10.3. The Kier molecular flexibility index (Phi) is 6.26. The Morgan fingerprint density at radius 3 is 2.77 bits per heavy atom. The number of ether oxygens (including phenoxy) is 1. The van der Waals surface area contributed by atoms with Gasteiger partial charge in [0.25, 0.3) is 5.91 Å². The van der Waals surface area contributed by atoms with Gasteiger partial charge in [0.05, 0.1) is 7.11 Å². The van der Waals surface area contributed by atoms with E-state index in [0.29, 0.717) is 25.1 Å². The highest BCUT2D eigenvalue weighted by Gasteiger charge is 2.26. The maximum atomic E-state index is 13.5. The van der Waals surface area contributed by atoms with Crippen LogP contribution in [-0.4, -0.2) is 41.4 Å². The fraction of sp³-hybridized carbons (Fsp3) is 0.240. The smallest absolute Gasteiger partial charge is 0.254 e. The van der Waals surface area contributed by atoms with Gasteiger partial charge in [0, 0.05) is 49.1 Å². The summed E-state index contributed by atoms with van der Waals surface area (Å²) in [7, 11) is 1.64. The summed E-state index contributed by atoms with van der Waals surface area (Å²) < 4.78 is 5.48. The predicted molar refractivity (Wildman–Crippen MR) is 119 cm³/mol. The van der Waals surface area contributed by atoms with E-state index in [9.17, 15) is 9.59 Å². The second-order valence-electron chi connectivity index (χ2n) is 7.63. The average Bonchev–Trinajstić information content (AvgIpc) is 3.23. The van der Waals surface area contributed by atoms with Crippen LogP contribution in [0.15, 0.2) is 73.1 Å². The van der Waals surface area contributed by atoms with Gasteiger partial charge < -0.3 is 15.0 Å². The van der Waals surface area contributed by atoms with E-state index in [1.54, 1.807) is 24.4 Å². The molecule has 1 aliphatic rings. The number of para-hydroxylation sites is 1.